The molecule has 144 valence electrons. The van der Waals surface area contributed by atoms with Crippen molar-refractivity contribution in [3.05, 3.63) is 72.6 Å². The summed E-state index contributed by atoms with van der Waals surface area (Å²) in [5.74, 6) is 0.205. The number of hydrogen-bond donors (Lipinski definition) is 1. The molecular weight excluding hydrogens is 350 g/mol. The smallest absolute Gasteiger partial charge is 0.276 e. The van der Waals surface area contributed by atoms with Gasteiger partial charge in [0, 0.05) is 43.4 Å². The molecular formula is C22H25N5O. The van der Waals surface area contributed by atoms with Gasteiger partial charge in [0.1, 0.15) is 5.69 Å². The van der Waals surface area contributed by atoms with E-state index in [-0.39, 0.29) is 5.91 Å². The van der Waals surface area contributed by atoms with Gasteiger partial charge >= 0.3 is 0 Å². The van der Waals surface area contributed by atoms with Crippen molar-refractivity contribution in [3.8, 4) is 0 Å². The minimum absolute atomic E-state index is 0.187. The Bertz CT molecular complexity index is 908. The van der Waals surface area contributed by atoms with E-state index in [1.165, 1.54) is 5.69 Å². The molecule has 6 heteroatoms. The molecule has 0 fully saturated rings. The maximum absolute atomic E-state index is 12.7. The lowest BCUT2D eigenvalue weighted by Crippen LogP contribution is -2.27. The normalized spacial score (nSPS) is 10.4. The highest BCUT2D eigenvalue weighted by Crippen LogP contribution is 2.20. The lowest BCUT2D eigenvalue weighted by molar-refractivity contribution is 0.0988. The van der Waals surface area contributed by atoms with Crippen molar-refractivity contribution in [1.82, 2.24) is 9.97 Å². The highest BCUT2D eigenvalue weighted by Gasteiger charge is 2.15. The van der Waals surface area contributed by atoms with Crippen molar-refractivity contribution in [1.29, 1.82) is 0 Å². The van der Waals surface area contributed by atoms with Crippen LogP contribution in [-0.2, 0) is 0 Å². The van der Waals surface area contributed by atoms with E-state index in [0.717, 1.165) is 24.5 Å². The lowest BCUT2D eigenvalue weighted by atomic mass is 10.2. The summed E-state index contributed by atoms with van der Waals surface area (Å²) in [5.41, 5.74) is 3.19. The van der Waals surface area contributed by atoms with Gasteiger partial charge in [-0.1, -0.05) is 18.2 Å². The number of nitrogens with one attached hydrogen (secondary N) is 1. The number of benzene rings is 2. The molecule has 1 heterocycles. The van der Waals surface area contributed by atoms with E-state index >= 15 is 0 Å². The van der Waals surface area contributed by atoms with Crippen molar-refractivity contribution >= 4 is 28.9 Å². The zero-order valence-corrected chi connectivity index (χ0v) is 16.5. The molecule has 3 aromatic rings. The molecule has 0 bridgehead atoms. The molecule has 6 nitrogen and oxygen atoms in total. The Balaban J connectivity index is 1.74. The fourth-order valence-electron chi connectivity index (χ4n) is 2.95. The zero-order valence-electron chi connectivity index (χ0n) is 16.5. The molecule has 0 saturated carbocycles. The van der Waals surface area contributed by atoms with E-state index in [2.05, 4.69) is 46.2 Å². The summed E-state index contributed by atoms with van der Waals surface area (Å²) in [6.45, 7) is 6.20. The van der Waals surface area contributed by atoms with Crippen LogP contribution in [-0.4, -0.2) is 36.0 Å². The molecule has 0 spiro atoms. The Morgan fingerprint density at radius 3 is 2.25 bits per heavy atom. The number of rotatable bonds is 7. The molecule has 1 N–H and O–H groups in total. The summed E-state index contributed by atoms with van der Waals surface area (Å²) in [6, 6.07) is 19.2. The van der Waals surface area contributed by atoms with Crippen LogP contribution in [0.4, 0.5) is 23.0 Å². The first kappa shape index (κ1) is 19.4. The van der Waals surface area contributed by atoms with Crippen LogP contribution in [0.15, 0.2) is 66.9 Å². The molecule has 0 atom stereocenters. The Labute approximate surface area is 165 Å². The molecule has 1 amide bonds. The minimum Gasteiger partial charge on any atom is -0.372 e. The molecule has 3 rings (SSSR count). The maximum Gasteiger partial charge on any atom is 0.276 e. The number of anilines is 4. The third kappa shape index (κ3) is 4.46. The number of carbonyl (C=O) groups excluding carboxylic acids is 1. The van der Waals surface area contributed by atoms with Gasteiger partial charge in [-0.2, -0.15) is 0 Å². The van der Waals surface area contributed by atoms with E-state index in [9.17, 15) is 4.79 Å². The predicted octanol–water partition coefficient (Wildman–Crippen LogP) is 4.34. The van der Waals surface area contributed by atoms with Gasteiger partial charge in [0.2, 0.25) is 5.95 Å². The number of carbonyl (C=O) groups is 1. The lowest BCUT2D eigenvalue weighted by Gasteiger charge is -2.21. The van der Waals surface area contributed by atoms with Crippen LogP contribution in [0.3, 0.4) is 0 Å². The van der Waals surface area contributed by atoms with Crippen molar-refractivity contribution in [3.63, 3.8) is 0 Å². The summed E-state index contributed by atoms with van der Waals surface area (Å²) < 4.78 is 0. The summed E-state index contributed by atoms with van der Waals surface area (Å²) in [7, 11) is 1.73. The summed E-state index contributed by atoms with van der Waals surface area (Å²) >= 11 is 0. The third-order valence-corrected chi connectivity index (χ3v) is 4.57. The molecule has 0 aliphatic heterocycles. The van der Waals surface area contributed by atoms with Crippen LogP contribution in [0.2, 0.25) is 0 Å². The van der Waals surface area contributed by atoms with E-state index in [4.69, 9.17) is 0 Å². The maximum atomic E-state index is 12.7. The second-order valence-electron chi connectivity index (χ2n) is 6.31. The van der Waals surface area contributed by atoms with E-state index < -0.39 is 0 Å². The van der Waals surface area contributed by atoms with Gasteiger partial charge in [-0.05, 0) is 56.3 Å². The van der Waals surface area contributed by atoms with Crippen LogP contribution in [0.5, 0.6) is 0 Å². The number of nitrogens with zero attached hydrogens (tertiary/aromatic N) is 4. The molecule has 0 radical (unpaired) electrons. The fraction of sp³-hybridized carbons (Fsp3) is 0.227. The Morgan fingerprint density at radius 1 is 0.929 bits per heavy atom. The van der Waals surface area contributed by atoms with Gasteiger partial charge < -0.3 is 15.1 Å². The second-order valence-corrected chi connectivity index (χ2v) is 6.31. The van der Waals surface area contributed by atoms with Crippen molar-refractivity contribution in [2.45, 2.75) is 13.8 Å². The van der Waals surface area contributed by atoms with Crippen LogP contribution < -0.4 is 15.1 Å². The third-order valence-electron chi connectivity index (χ3n) is 4.57. The van der Waals surface area contributed by atoms with Gasteiger partial charge in [0.25, 0.3) is 5.91 Å². The highest BCUT2D eigenvalue weighted by molar-refractivity contribution is 6.04. The molecule has 0 saturated heterocycles. The average Bonchev–Trinajstić information content (AvgIpc) is 2.75. The topological polar surface area (TPSA) is 61.4 Å². The standard InChI is InChI=1S/C22H25N5O/c1-4-27(5-2)19-13-11-17(12-14-19)24-22-23-16-15-20(25-22)21(28)26(3)18-9-7-6-8-10-18/h6-16H,4-5H2,1-3H3,(H,23,24,25). The first-order valence-electron chi connectivity index (χ1n) is 9.40. The first-order chi connectivity index (χ1) is 13.6. The average molecular weight is 375 g/mol. The highest BCUT2D eigenvalue weighted by atomic mass is 16.2. The van der Waals surface area contributed by atoms with E-state index in [1.54, 1.807) is 24.2 Å². The van der Waals surface area contributed by atoms with Crippen molar-refractivity contribution < 1.29 is 4.79 Å². The Hall–Kier alpha value is -3.41. The van der Waals surface area contributed by atoms with E-state index in [0.29, 0.717) is 11.6 Å². The quantitative estimate of drug-likeness (QED) is 0.665. The summed E-state index contributed by atoms with van der Waals surface area (Å²) in [5, 5.41) is 3.17. The van der Waals surface area contributed by atoms with Gasteiger partial charge in [-0.3, -0.25) is 4.79 Å². The number of amides is 1. The number of hydrogen-bond acceptors (Lipinski definition) is 5. The fourth-order valence-corrected chi connectivity index (χ4v) is 2.95. The summed E-state index contributed by atoms with van der Waals surface area (Å²) in [6.07, 6.45) is 1.59. The molecule has 0 aliphatic carbocycles. The van der Waals surface area contributed by atoms with Gasteiger partial charge in [-0.25, -0.2) is 9.97 Å². The van der Waals surface area contributed by atoms with Crippen LogP contribution >= 0.6 is 0 Å². The first-order valence-corrected chi connectivity index (χ1v) is 9.40. The largest absolute Gasteiger partial charge is 0.372 e. The Morgan fingerprint density at radius 2 is 1.61 bits per heavy atom. The Kier molecular flexibility index (Phi) is 6.22. The molecule has 2 aromatic carbocycles. The molecule has 0 aliphatic rings. The van der Waals surface area contributed by atoms with Crippen molar-refractivity contribution in [2.24, 2.45) is 0 Å². The molecule has 0 unspecified atom stereocenters. The zero-order chi connectivity index (χ0) is 19.9. The van der Waals surface area contributed by atoms with Gasteiger partial charge in [0.15, 0.2) is 0 Å². The predicted molar refractivity (Wildman–Crippen MR) is 114 cm³/mol. The van der Waals surface area contributed by atoms with Crippen molar-refractivity contribution in [2.75, 3.05) is 35.3 Å². The number of para-hydroxylation sites is 1. The van der Waals surface area contributed by atoms with E-state index in [1.807, 2.05) is 42.5 Å². The summed E-state index contributed by atoms with van der Waals surface area (Å²) in [4.78, 5) is 25.2. The minimum atomic E-state index is -0.187. The monoisotopic (exact) mass is 375 g/mol. The molecule has 28 heavy (non-hydrogen) atoms. The van der Waals surface area contributed by atoms with Gasteiger partial charge in [-0.15, -0.1) is 0 Å². The van der Waals surface area contributed by atoms with Crippen LogP contribution in [0.1, 0.15) is 24.3 Å². The van der Waals surface area contributed by atoms with Gasteiger partial charge in [0.05, 0.1) is 0 Å². The SMILES string of the molecule is CCN(CC)c1ccc(Nc2nccc(C(=O)N(C)c3ccccc3)n2)cc1. The van der Waals surface area contributed by atoms with Crippen LogP contribution in [0.25, 0.3) is 0 Å². The van der Waals surface area contributed by atoms with Crippen LogP contribution in [0, 0.1) is 0 Å². The molecule has 1 aromatic heterocycles. The number of aromatic nitrogens is 2. The second kappa shape index (κ2) is 8.99.